The highest BCUT2D eigenvalue weighted by Crippen LogP contribution is 2.42. The summed E-state index contributed by atoms with van der Waals surface area (Å²) < 4.78 is 78.8. The smallest absolute Gasteiger partial charge is 0.411 e. The Morgan fingerprint density at radius 2 is 2.06 bits per heavy atom. The van der Waals surface area contributed by atoms with E-state index >= 15 is 0 Å². The second-order valence-electron chi connectivity index (χ2n) is 7.01. The maximum Gasteiger partial charge on any atom is 0.411 e. The molecule has 1 aromatic carbocycles. The number of ether oxygens (including phenoxy) is 2. The molecule has 3 rings (SSSR count). The molecule has 0 saturated carbocycles. The van der Waals surface area contributed by atoms with Crippen LogP contribution < -0.4 is 15.8 Å². The highest BCUT2D eigenvalue weighted by Gasteiger charge is 2.52. The van der Waals surface area contributed by atoms with E-state index in [9.17, 15) is 26.7 Å². The number of carbonyl (C=O) groups is 1. The molecule has 8 nitrogen and oxygen atoms in total. The van der Waals surface area contributed by atoms with Gasteiger partial charge in [-0.15, -0.1) is 0 Å². The van der Waals surface area contributed by atoms with Crippen molar-refractivity contribution in [3.63, 3.8) is 0 Å². The van der Waals surface area contributed by atoms with Crippen LogP contribution in [0.2, 0.25) is 0 Å². The van der Waals surface area contributed by atoms with Gasteiger partial charge in [-0.05, 0) is 24.6 Å². The minimum Gasteiger partial charge on any atom is -0.480 e. The number of amides is 1. The van der Waals surface area contributed by atoms with Gasteiger partial charge in [0.25, 0.3) is 11.9 Å². The lowest BCUT2D eigenvalue weighted by molar-refractivity contribution is -0.167. The molecule has 172 valence electrons. The van der Waals surface area contributed by atoms with Gasteiger partial charge in [0.15, 0.2) is 11.6 Å². The highest BCUT2D eigenvalue weighted by molar-refractivity contribution is 6.02. The lowest BCUT2D eigenvalue weighted by Gasteiger charge is -2.38. The Balaban J connectivity index is 1.98. The number of aromatic nitrogens is 2. The van der Waals surface area contributed by atoms with Crippen LogP contribution in [0, 0.1) is 12.7 Å². The molecule has 32 heavy (non-hydrogen) atoms. The van der Waals surface area contributed by atoms with E-state index in [0.717, 1.165) is 12.3 Å². The number of amidine groups is 1. The van der Waals surface area contributed by atoms with Gasteiger partial charge in [0.1, 0.15) is 18.2 Å². The van der Waals surface area contributed by atoms with Crippen molar-refractivity contribution in [3.05, 3.63) is 47.2 Å². The summed E-state index contributed by atoms with van der Waals surface area (Å²) in [4.78, 5) is 23.3. The Morgan fingerprint density at radius 1 is 1.34 bits per heavy atom. The van der Waals surface area contributed by atoms with Crippen LogP contribution >= 0.6 is 0 Å². The predicted octanol–water partition coefficient (Wildman–Crippen LogP) is 3.02. The second-order valence-corrected chi connectivity index (χ2v) is 7.01. The van der Waals surface area contributed by atoms with E-state index in [4.69, 9.17) is 15.2 Å². The summed E-state index contributed by atoms with van der Waals surface area (Å²) in [7, 11) is 1.36. The van der Waals surface area contributed by atoms with E-state index in [1.807, 2.05) is 0 Å². The van der Waals surface area contributed by atoms with Crippen molar-refractivity contribution in [2.24, 2.45) is 10.7 Å². The number of aryl methyl sites for hydroxylation is 1. The first kappa shape index (κ1) is 23.2. The first-order valence-corrected chi connectivity index (χ1v) is 9.12. The number of anilines is 1. The summed E-state index contributed by atoms with van der Waals surface area (Å²) in [5.74, 6) is -1.58. The molecule has 3 N–H and O–H groups in total. The minimum absolute atomic E-state index is 0.0254. The monoisotopic (exact) mass is 459 g/mol. The number of aliphatic imine (C=N–C) groups is 1. The Bertz CT molecular complexity index is 1040. The molecule has 1 aliphatic heterocycles. The third-order valence-corrected chi connectivity index (χ3v) is 4.77. The summed E-state index contributed by atoms with van der Waals surface area (Å²) in [5, 5.41) is 2.43. The minimum atomic E-state index is -4.85. The standard InChI is InChI=1S/C19H18F5N5O3/c1-9-3-10(28-16(30)12-6-27-14(31-2)7-26-12)4-11(15(9)21)18(8-20)5-13(19(22,23)24)29-17(25)32-18/h3-4,6-7,13H,5,8H2,1-2H3,(H2,25,29)(H,28,30)/t13-,18+/m0/s1. The molecule has 0 unspecified atom stereocenters. The van der Waals surface area contributed by atoms with Gasteiger partial charge in [-0.25, -0.2) is 23.7 Å². The molecule has 2 heterocycles. The summed E-state index contributed by atoms with van der Waals surface area (Å²) in [6, 6.07) is -1.10. The molecule has 2 aromatic rings. The van der Waals surface area contributed by atoms with Crippen molar-refractivity contribution < 1.29 is 36.2 Å². The molecule has 0 aliphatic carbocycles. The van der Waals surface area contributed by atoms with Gasteiger partial charge in [-0.1, -0.05) is 0 Å². The molecule has 13 heteroatoms. The van der Waals surface area contributed by atoms with Crippen LogP contribution in [0.4, 0.5) is 27.6 Å². The number of hydrogen-bond acceptors (Lipinski definition) is 7. The average molecular weight is 459 g/mol. The molecule has 1 aliphatic rings. The lowest BCUT2D eigenvalue weighted by Crippen LogP contribution is -2.48. The van der Waals surface area contributed by atoms with E-state index in [1.165, 1.54) is 26.3 Å². The zero-order valence-electron chi connectivity index (χ0n) is 16.8. The zero-order chi connectivity index (χ0) is 23.7. The SMILES string of the molecule is COc1cnc(C(=O)Nc2cc(C)c(F)c([C@]3(CF)C[C@@H](C(F)(F)F)N=C(N)O3)c2)cn1. The number of nitrogens with one attached hydrogen (secondary N) is 1. The number of nitrogens with zero attached hydrogens (tertiary/aromatic N) is 3. The van der Waals surface area contributed by atoms with Gasteiger partial charge in [0, 0.05) is 17.7 Å². The Hall–Kier alpha value is -3.51. The summed E-state index contributed by atoms with van der Waals surface area (Å²) >= 11 is 0. The Kier molecular flexibility index (Phi) is 6.19. The summed E-state index contributed by atoms with van der Waals surface area (Å²) in [5.41, 5.74) is 2.23. The van der Waals surface area contributed by atoms with Gasteiger partial charge in [0.2, 0.25) is 5.88 Å². The van der Waals surface area contributed by atoms with E-state index in [-0.39, 0.29) is 22.8 Å². The number of hydrogen-bond donors (Lipinski definition) is 2. The normalized spacial score (nSPS) is 20.8. The van der Waals surface area contributed by atoms with Crippen molar-refractivity contribution in [1.29, 1.82) is 0 Å². The molecular weight excluding hydrogens is 441 g/mol. The van der Waals surface area contributed by atoms with Gasteiger partial charge < -0.3 is 20.5 Å². The first-order valence-electron chi connectivity index (χ1n) is 9.12. The molecule has 1 aromatic heterocycles. The number of alkyl halides is 4. The molecule has 0 spiro atoms. The second kappa shape index (κ2) is 8.55. The molecule has 2 atom stereocenters. The molecule has 0 saturated heterocycles. The highest BCUT2D eigenvalue weighted by atomic mass is 19.4. The van der Waals surface area contributed by atoms with Gasteiger partial charge >= 0.3 is 6.18 Å². The van der Waals surface area contributed by atoms with Crippen molar-refractivity contribution >= 4 is 17.6 Å². The van der Waals surface area contributed by atoms with E-state index in [2.05, 4.69) is 20.3 Å². The molecule has 0 fully saturated rings. The number of carbonyl (C=O) groups excluding carboxylic acids is 1. The van der Waals surface area contributed by atoms with Crippen molar-refractivity contribution in [2.45, 2.75) is 31.2 Å². The van der Waals surface area contributed by atoms with Crippen LogP contribution in [0.15, 0.2) is 29.5 Å². The van der Waals surface area contributed by atoms with Crippen molar-refractivity contribution in [1.82, 2.24) is 9.97 Å². The van der Waals surface area contributed by atoms with Crippen LogP contribution in [0.25, 0.3) is 0 Å². The Labute approximate surface area is 178 Å². The fourth-order valence-electron chi connectivity index (χ4n) is 3.19. The first-order chi connectivity index (χ1) is 15.0. The number of rotatable bonds is 5. The van der Waals surface area contributed by atoms with Gasteiger partial charge in [-0.3, -0.25) is 4.79 Å². The summed E-state index contributed by atoms with van der Waals surface area (Å²) in [6.45, 7) is -0.220. The largest absolute Gasteiger partial charge is 0.480 e. The van der Waals surface area contributed by atoms with Crippen LogP contribution in [0.1, 0.15) is 28.0 Å². The van der Waals surface area contributed by atoms with E-state index in [1.54, 1.807) is 0 Å². The van der Waals surface area contributed by atoms with Crippen LogP contribution in [-0.4, -0.2) is 47.9 Å². The number of benzene rings is 1. The topological polar surface area (TPSA) is 112 Å². The quantitative estimate of drug-likeness (QED) is 0.665. The molecular formula is C19H18F5N5O3. The fraction of sp³-hybridized carbons (Fsp3) is 0.368. The maximum absolute atomic E-state index is 14.9. The van der Waals surface area contributed by atoms with Crippen LogP contribution in [0.3, 0.4) is 0 Å². The van der Waals surface area contributed by atoms with Crippen LogP contribution in [-0.2, 0) is 10.3 Å². The third-order valence-electron chi connectivity index (χ3n) is 4.77. The predicted molar refractivity (Wildman–Crippen MR) is 102 cm³/mol. The maximum atomic E-state index is 14.9. The van der Waals surface area contributed by atoms with Gasteiger partial charge in [0.05, 0.1) is 19.5 Å². The number of halogens is 5. The van der Waals surface area contributed by atoms with E-state index in [0.29, 0.717) is 0 Å². The van der Waals surface area contributed by atoms with Gasteiger partial charge in [-0.2, -0.15) is 13.2 Å². The van der Waals surface area contributed by atoms with E-state index < -0.39 is 54.2 Å². The summed E-state index contributed by atoms with van der Waals surface area (Å²) in [6.07, 6.45) is -3.56. The zero-order valence-corrected chi connectivity index (χ0v) is 16.8. The average Bonchev–Trinajstić information content (AvgIpc) is 2.75. The Morgan fingerprint density at radius 3 is 2.62 bits per heavy atom. The molecule has 1 amide bonds. The third kappa shape index (κ3) is 4.55. The van der Waals surface area contributed by atoms with Crippen molar-refractivity contribution in [2.75, 3.05) is 19.1 Å². The molecule has 0 radical (unpaired) electrons. The molecule has 0 bridgehead atoms. The fourth-order valence-corrected chi connectivity index (χ4v) is 3.19. The number of methoxy groups -OCH3 is 1. The van der Waals surface area contributed by atoms with Crippen LogP contribution in [0.5, 0.6) is 5.88 Å². The lowest BCUT2D eigenvalue weighted by atomic mass is 9.85. The van der Waals surface area contributed by atoms with Crippen molar-refractivity contribution in [3.8, 4) is 5.88 Å². The number of nitrogens with two attached hydrogens (primary N) is 1.